The molecule has 2 atom stereocenters. The summed E-state index contributed by atoms with van der Waals surface area (Å²) < 4.78 is 0. The van der Waals surface area contributed by atoms with Crippen LogP contribution in [0.1, 0.15) is 18.9 Å². The van der Waals surface area contributed by atoms with Crippen molar-refractivity contribution in [3.8, 4) is 0 Å². The van der Waals surface area contributed by atoms with Crippen molar-refractivity contribution in [1.29, 1.82) is 0 Å². The maximum Gasteiger partial charge on any atom is 0.0799 e. The summed E-state index contributed by atoms with van der Waals surface area (Å²) in [7, 11) is 0. The monoisotopic (exact) mass is 181 g/mol. The largest absolute Gasteiger partial charge is 0.391 e. The fraction of sp³-hybridized carbons (Fsp3) is 0.500. The van der Waals surface area contributed by atoms with E-state index < -0.39 is 12.2 Å². The topological polar surface area (TPSA) is 53.4 Å². The minimum absolute atomic E-state index is 0.585. The molecular formula is C10H15NO2. The average molecular weight is 181 g/mol. The third-order valence-corrected chi connectivity index (χ3v) is 2.03. The van der Waals surface area contributed by atoms with Gasteiger partial charge in [-0.2, -0.15) is 0 Å². The number of pyridine rings is 1. The molecule has 3 nitrogen and oxygen atoms in total. The van der Waals surface area contributed by atoms with E-state index in [2.05, 4.69) is 4.98 Å². The fourth-order valence-corrected chi connectivity index (χ4v) is 1.11. The second-order valence-electron chi connectivity index (χ2n) is 3.20. The highest BCUT2D eigenvalue weighted by atomic mass is 16.3. The molecule has 1 aromatic rings. The Labute approximate surface area is 78.1 Å². The van der Waals surface area contributed by atoms with Crippen LogP contribution in [-0.4, -0.2) is 27.4 Å². The van der Waals surface area contributed by atoms with Crippen LogP contribution < -0.4 is 0 Å². The lowest BCUT2D eigenvalue weighted by Crippen LogP contribution is -2.22. The van der Waals surface area contributed by atoms with Crippen LogP contribution in [0, 0.1) is 0 Å². The van der Waals surface area contributed by atoms with Gasteiger partial charge in [0.1, 0.15) is 0 Å². The maximum absolute atomic E-state index is 9.32. The summed E-state index contributed by atoms with van der Waals surface area (Å²) in [5.74, 6) is 0. The second kappa shape index (κ2) is 4.94. The molecule has 0 aliphatic carbocycles. The summed E-state index contributed by atoms with van der Waals surface area (Å²) in [6.07, 6.45) is 3.53. The molecule has 0 radical (unpaired) electrons. The Morgan fingerprint density at radius 1 is 1.31 bits per heavy atom. The number of aliphatic hydroxyl groups excluding tert-OH is 2. The second-order valence-corrected chi connectivity index (χ2v) is 3.20. The van der Waals surface area contributed by atoms with Crippen LogP contribution in [0.4, 0.5) is 0 Å². The highest BCUT2D eigenvalue weighted by Crippen LogP contribution is 2.06. The molecule has 1 heterocycles. The molecule has 1 aromatic heterocycles. The van der Waals surface area contributed by atoms with Crippen molar-refractivity contribution >= 4 is 0 Å². The van der Waals surface area contributed by atoms with Crippen molar-refractivity contribution in [3.63, 3.8) is 0 Å². The first-order valence-corrected chi connectivity index (χ1v) is 4.45. The zero-order chi connectivity index (χ0) is 9.68. The van der Waals surface area contributed by atoms with Crippen molar-refractivity contribution in [1.82, 2.24) is 4.98 Å². The van der Waals surface area contributed by atoms with Gasteiger partial charge < -0.3 is 10.2 Å². The van der Waals surface area contributed by atoms with E-state index in [0.717, 1.165) is 12.0 Å². The molecule has 0 bridgehead atoms. The Balaban J connectivity index is 2.35. The zero-order valence-corrected chi connectivity index (χ0v) is 7.72. The maximum atomic E-state index is 9.32. The van der Waals surface area contributed by atoms with Crippen molar-refractivity contribution < 1.29 is 10.2 Å². The molecule has 0 aliphatic rings. The van der Waals surface area contributed by atoms with Gasteiger partial charge in [0.15, 0.2) is 0 Å². The van der Waals surface area contributed by atoms with Gasteiger partial charge in [-0.25, -0.2) is 0 Å². The van der Waals surface area contributed by atoms with Crippen molar-refractivity contribution in [2.24, 2.45) is 0 Å². The van der Waals surface area contributed by atoms with Crippen LogP contribution >= 0.6 is 0 Å². The number of nitrogens with zero attached hydrogens (tertiary/aromatic N) is 1. The molecule has 13 heavy (non-hydrogen) atoms. The van der Waals surface area contributed by atoms with Crippen LogP contribution in [0.3, 0.4) is 0 Å². The Hall–Kier alpha value is -0.930. The van der Waals surface area contributed by atoms with Gasteiger partial charge in [0.25, 0.3) is 0 Å². The Morgan fingerprint density at radius 2 is 1.92 bits per heavy atom. The standard InChI is InChI=1S/C10H15NO2/c1-8(12)10(13)3-2-9-4-6-11-7-5-9/h4-8,10,12-13H,2-3H2,1H3. The van der Waals surface area contributed by atoms with E-state index in [4.69, 9.17) is 5.11 Å². The molecule has 0 aliphatic heterocycles. The van der Waals surface area contributed by atoms with E-state index >= 15 is 0 Å². The Bertz CT molecular complexity index is 236. The number of aryl methyl sites for hydroxylation is 1. The molecule has 0 saturated carbocycles. The first-order chi connectivity index (χ1) is 6.20. The molecule has 0 amide bonds. The van der Waals surface area contributed by atoms with E-state index in [1.807, 2.05) is 12.1 Å². The first-order valence-electron chi connectivity index (χ1n) is 4.45. The minimum Gasteiger partial charge on any atom is -0.391 e. The van der Waals surface area contributed by atoms with E-state index in [1.54, 1.807) is 19.3 Å². The highest BCUT2D eigenvalue weighted by Gasteiger charge is 2.09. The molecule has 2 N–H and O–H groups in total. The van der Waals surface area contributed by atoms with E-state index in [1.165, 1.54) is 0 Å². The van der Waals surface area contributed by atoms with Crippen molar-refractivity contribution in [2.75, 3.05) is 0 Å². The summed E-state index contributed by atoms with van der Waals surface area (Å²) >= 11 is 0. The van der Waals surface area contributed by atoms with Gasteiger partial charge in [0.2, 0.25) is 0 Å². The third kappa shape index (κ3) is 3.53. The van der Waals surface area contributed by atoms with E-state index in [0.29, 0.717) is 6.42 Å². The lowest BCUT2D eigenvalue weighted by molar-refractivity contribution is 0.0265. The molecule has 2 unspecified atom stereocenters. The summed E-state index contributed by atoms with van der Waals surface area (Å²) in [6, 6.07) is 3.82. The lowest BCUT2D eigenvalue weighted by atomic mass is 10.1. The normalized spacial score (nSPS) is 15.3. The van der Waals surface area contributed by atoms with Gasteiger partial charge in [-0.05, 0) is 37.5 Å². The predicted molar refractivity (Wildman–Crippen MR) is 50.2 cm³/mol. The third-order valence-electron chi connectivity index (χ3n) is 2.03. The van der Waals surface area contributed by atoms with E-state index in [9.17, 15) is 5.11 Å². The number of rotatable bonds is 4. The molecule has 0 spiro atoms. The number of aliphatic hydroxyl groups is 2. The summed E-state index contributed by atoms with van der Waals surface area (Å²) in [5.41, 5.74) is 1.13. The number of hydrogen-bond acceptors (Lipinski definition) is 3. The zero-order valence-electron chi connectivity index (χ0n) is 7.72. The fourth-order valence-electron chi connectivity index (χ4n) is 1.11. The summed E-state index contributed by atoms with van der Waals surface area (Å²) in [6.45, 7) is 1.59. The molecule has 0 fully saturated rings. The van der Waals surface area contributed by atoms with Crippen LogP contribution in [0.2, 0.25) is 0 Å². The van der Waals surface area contributed by atoms with Gasteiger partial charge in [-0.3, -0.25) is 4.98 Å². The Kier molecular flexibility index (Phi) is 3.86. The van der Waals surface area contributed by atoms with Gasteiger partial charge in [0.05, 0.1) is 12.2 Å². The van der Waals surface area contributed by atoms with Crippen LogP contribution in [-0.2, 0) is 6.42 Å². The molecular weight excluding hydrogens is 166 g/mol. The highest BCUT2D eigenvalue weighted by molar-refractivity contribution is 5.09. The smallest absolute Gasteiger partial charge is 0.0799 e. The van der Waals surface area contributed by atoms with Gasteiger partial charge in [-0.15, -0.1) is 0 Å². The van der Waals surface area contributed by atoms with Crippen molar-refractivity contribution in [3.05, 3.63) is 30.1 Å². The predicted octanol–water partition coefficient (Wildman–Crippen LogP) is 0.756. The SMILES string of the molecule is CC(O)C(O)CCc1ccncc1. The van der Waals surface area contributed by atoms with Crippen LogP contribution in [0.25, 0.3) is 0 Å². The first kappa shape index (κ1) is 10.2. The molecule has 1 rings (SSSR count). The van der Waals surface area contributed by atoms with Crippen molar-refractivity contribution in [2.45, 2.75) is 32.0 Å². The van der Waals surface area contributed by atoms with Gasteiger partial charge in [0, 0.05) is 12.4 Å². The van der Waals surface area contributed by atoms with Crippen LogP contribution in [0.5, 0.6) is 0 Å². The lowest BCUT2D eigenvalue weighted by Gasteiger charge is -2.12. The summed E-state index contributed by atoms with van der Waals surface area (Å²) in [5, 5.41) is 18.4. The number of hydrogen-bond donors (Lipinski definition) is 2. The molecule has 72 valence electrons. The van der Waals surface area contributed by atoms with Gasteiger partial charge in [-0.1, -0.05) is 0 Å². The quantitative estimate of drug-likeness (QED) is 0.721. The minimum atomic E-state index is -0.651. The average Bonchev–Trinajstić information content (AvgIpc) is 2.15. The van der Waals surface area contributed by atoms with Gasteiger partial charge >= 0.3 is 0 Å². The van der Waals surface area contributed by atoms with E-state index in [-0.39, 0.29) is 0 Å². The molecule has 3 heteroatoms. The molecule has 0 saturated heterocycles. The number of aromatic nitrogens is 1. The Morgan fingerprint density at radius 3 is 2.46 bits per heavy atom. The van der Waals surface area contributed by atoms with Crippen LogP contribution in [0.15, 0.2) is 24.5 Å². The molecule has 0 aromatic carbocycles. The summed E-state index contributed by atoms with van der Waals surface area (Å²) in [4.78, 5) is 3.90.